The molecule has 0 bridgehead atoms. The molecule has 1 N–H and O–H groups in total. The fraction of sp³-hybridized carbons (Fsp3) is 0.765. The van der Waals surface area contributed by atoms with Gasteiger partial charge in [-0.05, 0) is 25.8 Å². The Kier molecular flexibility index (Phi) is 5.67. The van der Waals surface area contributed by atoms with E-state index in [2.05, 4.69) is 15.3 Å². The Morgan fingerprint density at radius 3 is 2.96 bits per heavy atom. The third kappa shape index (κ3) is 4.54. The Bertz CT molecular complexity index is 554. The molecule has 0 radical (unpaired) electrons. The normalized spacial score (nSPS) is 23.2. The number of anilines is 1. The molecule has 0 aromatic carbocycles. The third-order valence-electron chi connectivity index (χ3n) is 4.96. The summed E-state index contributed by atoms with van der Waals surface area (Å²) in [6, 6.07) is 2.36. The van der Waals surface area contributed by atoms with E-state index in [9.17, 15) is 4.79 Å². The Morgan fingerprint density at radius 2 is 2.17 bits per heavy atom. The molecule has 23 heavy (non-hydrogen) atoms. The molecule has 6 nitrogen and oxygen atoms in total. The van der Waals surface area contributed by atoms with Gasteiger partial charge in [0.05, 0.1) is 24.6 Å². The summed E-state index contributed by atoms with van der Waals surface area (Å²) in [6.45, 7) is 3.38. The van der Waals surface area contributed by atoms with Crippen LogP contribution in [0.3, 0.4) is 0 Å². The number of aryl methyl sites for hydroxylation is 1. The molecule has 0 spiro atoms. The van der Waals surface area contributed by atoms with E-state index in [1.165, 1.54) is 36.8 Å². The third-order valence-corrected chi connectivity index (χ3v) is 4.96. The molecule has 1 aliphatic carbocycles. The van der Waals surface area contributed by atoms with Crippen LogP contribution in [0, 0.1) is 0 Å². The first-order valence-corrected chi connectivity index (χ1v) is 8.85. The van der Waals surface area contributed by atoms with Crippen LogP contribution in [0.25, 0.3) is 0 Å². The van der Waals surface area contributed by atoms with E-state index in [1.54, 1.807) is 19.3 Å². The summed E-state index contributed by atoms with van der Waals surface area (Å²) < 4.78 is 7.24. The van der Waals surface area contributed by atoms with E-state index < -0.39 is 0 Å². The van der Waals surface area contributed by atoms with Crippen LogP contribution in [0.5, 0.6) is 0 Å². The van der Waals surface area contributed by atoms with Gasteiger partial charge in [-0.2, -0.15) is 5.10 Å². The predicted molar refractivity (Wildman–Crippen MR) is 90.9 cm³/mol. The highest BCUT2D eigenvalue weighted by Crippen LogP contribution is 2.18. The minimum absolute atomic E-state index is 0.0653. The van der Waals surface area contributed by atoms with Crippen molar-refractivity contribution in [1.29, 1.82) is 0 Å². The quantitative estimate of drug-likeness (QED) is 0.886. The summed E-state index contributed by atoms with van der Waals surface area (Å²) in [7, 11) is 1.67. The maximum absolute atomic E-state index is 11.7. The summed E-state index contributed by atoms with van der Waals surface area (Å²) in [5.41, 5.74) is 0.839. The van der Waals surface area contributed by atoms with Crippen molar-refractivity contribution in [3.05, 3.63) is 22.6 Å². The van der Waals surface area contributed by atoms with Gasteiger partial charge in [0.2, 0.25) is 0 Å². The zero-order valence-corrected chi connectivity index (χ0v) is 14.0. The van der Waals surface area contributed by atoms with Crippen molar-refractivity contribution in [2.24, 2.45) is 7.05 Å². The van der Waals surface area contributed by atoms with Gasteiger partial charge in [0.15, 0.2) is 0 Å². The van der Waals surface area contributed by atoms with Crippen molar-refractivity contribution < 1.29 is 4.74 Å². The predicted octanol–water partition coefficient (Wildman–Crippen LogP) is 1.30. The Labute approximate surface area is 137 Å². The summed E-state index contributed by atoms with van der Waals surface area (Å²) in [6.07, 6.45) is 9.76. The van der Waals surface area contributed by atoms with Gasteiger partial charge in [-0.1, -0.05) is 19.3 Å². The Balaban J connectivity index is 1.47. The van der Waals surface area contributed by atoms with Crippen LogP contribution >= 0.6 is 0 Å². The van der Waals surface area contributed by atoms with Gasteiger partial charge in [-0.3, -0.25) is 4.79 Å². The molecule has 3 rings (SSSR count). The summed E-state index contributed by atoms with van der Waals surface area (Å²) in [5.74, 6) is 0. The van der Waals surface area contributed by atoms with E-state index in [-0.39, 0.29) is 11.7 Å². The van der Waals surface area contributed by atoms with Crippen LogP contribution in [0.1, 0.15) is 38.5 Å². The molecular formula is C17H28N4O2. The van der Waals surface area contributed by atoms with Crippen molar-refractivity contribution in [3.8, 4) is 0 Å². The molecule has 2 heterocycles. The van der Waals surface area contributed by atoms with E-state index in [1.807, 2.05) is 0 Å². The van der Waals surface area contributed by atoms with E-state index in [0.29, 0.717) is 12.6 Å². The van der Waals surface area contributed by atoms with Gasteiger partial charge in [0.1, 0.15) is 0 Å². The number of nitrogens with one attached hydrogen (secondary N) is 1. The van der Waals surface area contributed by atoms with E-state index in [4.69, 9.17) is 4.74 Å². The maximum atomic E-state index is 11.7. The first-order valence-electron chi connectivity index (χ1n) is 8.85. The first-order chi connectivity index (χ1) is 11.2. The number of nitrogens with zero attached hydrogens (tertiary/aromatic N) is 3. The molecule has 2 fully saturated rings. The fourth-order valence-electron chi connectivity index (χ4n) is 3.52. The molecule has 1 saturated carbocycles. The average molecular weight is 320 g/mol. The lowest BCUT2D eigenvalue weighted by atomic mass is 9.95. The van der Waals surface area contributed by atoms with Crippen LogP contribution in [0.4, 0.5) is 5.69 Å². The highest BCUT2D eigenvalue weighted by atomic mass is 16.5. The number of ether oxygens (including phenoxy) is 1. The van der Waals surface area contributed by atoms with Gasteiger partial charge in [-0.25, -0.2) is 4.68 Å². The van der Waals surface area contributed by atoms with Crippen LogP contribution in [0.2, 0.25) is 0 Å². The zero-order chi connectivity index (χ0) is 16.1. The number of rotatable bonds is 5. The highest BCUT2D eigenvalue weighted by Gasteiger charge is 2.21. The Hall–Kier alpha value is -1.40. The lowest BCUT2D eigenvalue weighted by Gasteiger charge is -2.34. The molecule has 128 valence electrons. The molecule has 1 aromatic heterocycles. The van der Waals surface area contributed by atoms with Gasteiger partial charge in [0, 0.05) is 32.2 Å². The molecule has 1 aliphatic heterocycles. The summed E-state index contributed by atoms with van der Waals surface area (Å²) >= 11 is 0. The number of aromatic nitrogens is 2. The topological polar surface area (TPSA) is 59.4 Å². The van der Waals surface area contributed by atoms with E-state index >= 15 is 0 Å². The minimum Gasteiger partial charge on any atom is -0.374 e. The molecular weight excluding hydrogens is 292 g/mol. The number of hydrogen-bond donors (Lipinski definition) is 1. The van der Waals surface area contributed by atoms with Gasteiger partial charge < -0.3 is 15.0 Å². The summed E-state index contributed by atoms with van der Waals surface area (Å²) in [5, 5.41) is 7.79. The molecule has 1 unspecified atom stereocenters. The molecule has 2 aliphatic rings. The van der Waals surface area contributed by atoms with Crippen molar-refractivity contribution >= 4 is 5.69 Å². The summed E-state index contributed by atoms with van der Waals surface area (Å²) in [4.78, 5) is 14.0. The molecule has 6 heteroatoms. The lowest BCUT2D eigenvalue weighted by Crippen LogP contribution is -2.44. The number of hydrogen-bond acceptors (Lipinski definition) is 5. The highest BCUT2D eigenvalue weighted by molar-refractivity contribution is 5.43. The maximum Gasteiger partial charge on any atom is 0.268 e. The van der Waals surface area contributed by atoms with Crippen molar-refractivity contribution in [3.63, 3.8) is 0 Å². The second kappa shape index (κ2) is 7.93. The second-order valence-electron chi connectivity index (χ2n) is 6.69. The van der Waals surface area contributed by atoms with Crippen LogP contribution < -0.4 is 15.8 Å². The van der Waals surface area contributed by atoms with Gasteiger partial charge in [0.25, 0.3) is 5.56 Å². The van der Waals surface area contributed by atoms with Crippen molar-refractivity contribution in [2.45, 2.75) is 50.7 Å². The average Bonchev–Trinajstić information content (AvgIpc) is 2.59. The SMILES string of the molecule is Cn1ncc(N2CCOC(CCNC3CCCCC3)C2)cc1=O. The van der Waals surface area contributed by atoms with Crippen LogP contribution in [-0.2, 0) is 11.8 Å². The van der Waals surface area contributed by atoms with Gasteiger partial charge in [-0.15, -0.1) is 0 Å². The second-order valence-corrected chi connectivity index (χ2v) is 6.69. The molecule has 1 aromatic rings. The lowest BCUT2D eigenvalue weighted by molar-refractivity contribution is 0.0348. The van der Waals surface area contributed by atoms with Crippen molar-refractivity contribution in [2.75, 3.05) is 31.1 Å². The largest absolute Gasteiger partial charge is 0.374 e. The zero-order valence-electron chi connectivity index (χ0n) is 14.0. The first kappa shape index (κ1) is 16.5. The smallest absolute Gasteiger partial charge is 0.268 e. The standard InChI is InChI=1S/C17H28N4O2/c1-20-17(22)11-15(12-19-20)21-9-10-23-16(13-21)7-8-18-14-5-3-2-4-6-14/h11-12,14,16,18H,2-10,13H2,1H3. The Morgan fingerprint density at radius 1 is 1.35 bits per heavy atom. The van der Waals surface area contributed by atoms with Crippen molar-refractivity contribution in [1.82, 2.24) is 15.1 Å². The van der Waals surface area contributed by atoms with E-state index in [0.717, 1.165) is 31.7 Å². The monoisotopic (exact) mass is 320 g/mol. The number of morpholine rings is 1. The van der Waals surface area contributed by atoms with Crippen LogP contribution in [-0.4, -0.2) is 48.2 Å². The van der Waals surface area contributed by atoms with Gasteiger partial charge >= 0.3 is 0 Å². The minimum atomic E-state index is -0.0653. The molecule has 1 atom stereocenters. The molecule has 1 saturated heterocycles. The fourth-order valence-corrected chi connectivity index (χ4v) is 3.52. The molecule has 0 amide bonds. The van der Waals surface area contributed by atoms with Crippen LogP contribution in [0.15, 0.2) is 17.1 Å².